The van der Waals surface area contributed by atoms with Gasteiger partial charge in [-0.25, -0.2) is 0 Å². The van der Waals surface area contributed by atoms with E-state index in [2.05, 4.69) is 20.8 Å². The van der Waals surface area contributed by atoms with Crippen LogP contribution < -0.4 is 0 Å². The van der Waals surface area contributed by atoms with Gasteiger partial charge in [-0.05, 0) is 66.9 Å². The lowest BCUT2D eigenvalue weighted by Crippen LogP contribution is -2.57. The lowest BCUT2D eigenvalue weighted by Gasteiger charge is -2.59. The molecule has 3 saturated carbocycles. The maximum atomic E-state index is 11.8. The lowest BCUT2D eigenvalue weighted by molar-refractivity contribution is -0.137. The van der Waals surface area contributed by atoms with Crippen LogP contribution in [0, 0.1) is 40.4 Å². The third-order valence-corrected chi connectivity index (χ3v) is 8.52. The Morgan fingerprint density at radius 1 is 1.23 bits per heavy atom. The van der Waals surface area contributed by atoms with E-state index in [0.717, 1.165) is 18.4 Å². The summed E-state index contributed by atoms with van der Waals surface area (Å²) in [5.41, 5.74) is 0.702. The van der Waals surface area contributed by atoms with Crippen LogP contribution in [0.5, 0.6) is 0 Å². The molecule has 9 atom stereocenters. The summed E-state index contributed by atoms with van der Waals surface area (Å²) in [6, 6.07) is 0. The highest BCUT2D eigenvalue weighted by Gasteiger charge is 2.64. The smallest absolute Gasteiger partial charge is 0.178 e. The van der Waals surface area contributed by atoms with E-state index < -0.39 is 6.10 Å². The number of hydrogen-bond donors (Lipinski definition) is 3. The first-order chi connectivity index (χ1) is 12.2. The molecule has 0 aromatic carbocycles. The number of rotatable bonds is 2. The third-order valence-electron chi connectivity index (χ3n) is 8.52. The fraction of sp³-hybridized carbons (Fsp3) is 0.773. The van der Waals surface area contributed by atoms with Crippen molar-refractivity contribution in [3.63, 3.8) is 0 Å². The Labute approximate surface area is 156 Å². The molecule has 26 heavy (non-hydrogen) atoms. The van der Waals surface area contributed by atoms with Crippen LogP contribution in [0.1, 0.15) is 46.5 Å². The van der Waals surface area contributed by atoms with Crippen molar-refractivity contribution in [2.45, 2.75) is 58.7 Å². The third kappa shape index (κ3) is 2.35. The van der Waals surface area contributed by atoms with E-state index in [0.29, 0.717) is 12.8 Å². The molecule has 0 radical (unpaired) electrons. The minimum Gasteiger partial charge on any atom is -0.396 e. The van der Waals surface area contributed by atoms with E-state index in [-0.39, 0.29) is 58.9 Å². The van der Waals surface area contributed by atoms with E-state index in [9.17, 15) is 20.1 Å². The average molecular weight is 360 g/mol. The second kappa shape index (κ2) is 6.02. The summed E-state index contributed by atoms with van der Waals surface area (Å²) in [6.07, 6.45) is 7.74. The molecule has 0 bridgehead atoms. The molecule has 0 amide bonds. The molecular weight excluding hydrogens is 328 g/mol. The van der Waals surface area contributed by atoms with Gasteiger partial charge in [0.15, 0.2) is 5.78 Å². The van der Waals surface area contributed by atoms with Crippen molar-refractivity contribution in [2.75, 3.05) is 6.61 Å². The first-order valence-corrected chi connectivity index (χ1v) is 10.1. The van der Waals surface area contributed by atoms with Crippen molar-refractivity contribution in [1.29, 1.82) is 0 Å². The van der Waals surface area contributed by atoms with Gasteiger partial charge in [-0.1, -0.05) is 32.4 Å². The molecule has 3 N–H and O–H groups in total. The summed E-state index contributed by atoms with van der Waals surface area (Å²) in [6.45, 7) is 6.55. The van der Waals surface area contributed by atoms with E-state index in [1.807, 2.05) is 6.08 Å². The van der Waals surface area contributed by atoms with Gasteiger partial charge < -0.3 is 15.3 Å². The van der Waals surface area contributed by atoms with Crippen LogP contribution >= 0.6 is 0 Å². The fourth-order valence-corrected chi connectivity index (χ4v) is 7.45. The molecule has 3 fully saturated rings. The van der Waals surface area contributed by atoms with E-state index in [1.165, 1.54) is 0 Å². The topological polar surface area (TPSA) is 77.8 Å². The van der Waals surface area contributed by atoms with Crippen LogP contribution in [0.25, 0.3) is 0 Å². The number of hydrogen-bond acceptors (Lipinski definition) is 4. The van der Waals surface area contributed by atoms with Gasteiger partial charge in [0, 0.05) is 17.9 Å². The SMILES string of the molecule is CC(CO)[C@H]1CC(O)C2C3CCC4=CC(=O)C=C[C@]4(C)C3C(O)C[C@@]21C. The van der Waals surface area contributed by atoms with Crippen molar-refractivity contribution in [2.24, 2.45) is 40.4 Å². The number of allylic oxidation sites excluding steroid dienone is 4. The Kier molecular flexibility index (Phi) is 4.26. The molecule has 6 unspecified atom stereocenters. The minimum absolute atomic E-state index is 0.0442. The molecule has 0 spiro atoms. The van der Waals surface area contributed by atoms with Crippen molar-refractivity contribution < 1.29 is 20.1 Å². The van der Waals surface area contributed by atoms with E-state index >= 15 is 0 Å². The second-order valence-corrected chi connectivity index (χ2v) is 9.79. The predicted molar refractivity (Wildman–Crippen MR) is 99.1 cm³/mol. The second-order valence-electron chi connectivity index (χ2n) is 9.79. The van der Waals surface area contributed by atoms with Gasteiger partial charge in [-0.3, -0.25) is 4.79 Å². The van der Waals surface area contributed by atoms with Crippen LogP contribution in [-0.4, -0.2) is 39.9 Å². The van der Waals surface area contributed by atoms with Gasteiger partial charge in [0.05, 0.1) is 12.2 Å². The molecular formula is C22H32O4. The molecule has 0 aromatic rings. The largest absolute Gasteiger partial charge is 0.396 e. The molecule has 4 aliphatic rings. The number of ketones is 1. The van der Waals surface area contributed by atoms with E-state index in [1.54, 1.807) is 12.2 Å². The maximum absolute atomic E-state index is 11.8. The Bertz CT molecular complexity index is 667. The first kappa shape index (κ1) is 18.4. The number of carbonyl (C=O) groups is 1. The van der Waals surface area contributed by atoms with Crippen LogP contribution in [0.15, 0.2) is 23.8 Å². The molecule has 0 heterocycles. The summed E-state index contributed by atoms with van der Waals surface area (Å²) in [5, 5.41) is 32.0. The van der Waals surface area contributed by atoms with Gasteiger partial charge in [-0.2, -0.15) is 0 Å². The fourth-order valence-electron chi connectivity index (χ4n) is 7.45. The van der Waals surface area contributed by atoms with Gasteiger partial charge in [0.2, 0.25) is 0 Å². The molecule has 4 nitrogen and oxygen atoms in total. The summed E-state index contributed by atoms with van der Waals surface area (Å²) in [4.78, 5) is 11.8. The van der Waals surface area contributed by atoms with Crippen molar-refractivity contribution in [3.05, 3.63) is 23.8 Å². The van der Waals surface area contributed by atoms with Crippen molar-refractivity contribution in [1.82, 2.24) is 0 Å². The highest BCUT2D eigenvalue weighted by atomic mass is 16.3. The molecule has 144 valence electrons. The van der Waals surface area contributed by atoms with Crippen LogP contribution in [0.2, 0.25) is 0 Å². The highest BCUT2D eigenvalue weighted by Crippen LogP contribution is 2.66. The number of aliphatic hydroxyl groups is 3. The van der Waals surface area contributed by atoms with Gasteiger partial charge >= 0.3 is 0 Å². The number of fused-ring (bicyclic) bond motifs is 5. The zero-order chi connectivity index (χ0) is 18.9. The molecule has 0 saturated heterocycles. The maximum Gasteiger partial charge on any atom is 0.178 e. The molecule has 4 aliphatic carbocycles. The first-order valence-electron chi connectivity index (χ1n) is 10.1. The van der Waals surface area contributed by atoms with Gasteiger partial charge in [0.1, 0.15) is 0 Å². The Morgan fingerprint density at radius 3 is 2.65 bits per heavy atom. The molecule has 0 aromatic heterocycles. The van der Waals surface area contributed by atoms with E-state index in [4.69, 9.17) is 0 Å². The van der Waals surface area contributed by atoms with Crippen molar-refractivity contribution in [3.8, 4) is 0 Å². The zero-order valence-corrected chi connectivity index (χ0v) is 16.1. The standard InChI is InChI=1S/C22H32O4/c1-12(11-23)16-9-17(25)19-15-5-4-13-8-14(24)6-7-21(13,2)20(15)18(26)10-22(16,19)3/h6-8,12,15-20,23,25-26H,4-5,9-11H2,1-3H3/t12?,15?,16-,17?,18?,19?,20?,21+,22-/m1/s1. The molecule has 0 aliphatic heterocycles. The number of aliphatic hydroxyl groups excluding tert-OH is 3. The molecule has 4 rings (SSSR count). The number of carbonyl (C=O) groups excluding carboxylic acids is 1. The lowest BCUT2D eigenvalue weighted by atomic mass is 9.46. The van der Waals surface area contributed by atoms with Gasteiger partial charge in [0.25, 0.3) is 0 Å². The van der Waals surface area contributed by atoms with Crippen LogP contribution in [0.3, 0.4) is 0 Å². The zero-order valence-electron chi connectivity index (χ0n) is 16.1. The summed E-state index contributed by atoms with van der Waals surface area (Å²) >= 11 is 0. The minimum atomic E-state index is -0.452. The predicted octanol–water partition coefficient (Wildman–Crippen LogP) is 2.48. The quantitative estimate of drug-likeness (QED) is 0.707. The monoisotopic (exact) mass is 360 g/mol. The Morgan fingerprint density at radius 2 is 1.96 bits per heavy atom. The van der Waals surface area contributed by atoms with Crippen molar-refractivity contribution >= 4 is 5.78 Å². The van der Waals surface area contributed by atoms with Crippen LogP contribution in [-0.2, 0) is 4.79 Å². The molecule has 4 heteroatoms. The van der Waals surface area contributed by atoms with Crippen LogP contribution in [0.4, 0.5) is 0 Å². The average Bonchev–Trinajstić information content (AvgIpc) is 2.85. The highest BCUT2D eigenvalue weighted by molar-refractivity contribution is 6.01. The Balaban J connectivity index is 1.74. The summed E-state index contributed by atoms with van der Waals surface area (Å²) in [7, 11) is 0. The summed E-state index contributed by atoms with van der Waals surface area (Å²) < 4.78 is 0. The summed E-state index contributed by atoms with van der Waals surface area (Å²) in [5.74, 6) is 0.849. The van der Waals surface area contributed by atoms with Gasteiger partial charge in [-0.15, -0.1) is 0 Å². The normalized spacial score (nSPS) is 51.3. The Hall–Kier alpha value is -0.970.